The van der Waals surface area contributed by atoms with Crippen molar-refractivity contribution in [2.45, 2.75) is 39.3 Å². The van der Waals surface area contributed by atoms with Crippen LogP contribution >= 0.6 is 28.1 Å². The average molecular weight is 414 g/mol. The lowest BCUT2D eigenvalue weighted by atomic mass is 10.1. The summed E-state index contributed by atoms with van der Waals surface area (Å²) in [6.07, 6.45) is 3.28. The number of benzene rings is 1. The summed E-state index contributed by atoms with van der Waals surface area (Å²) < 4.78 is 14.7. The minimum absolute atomic E-state index is 0.0975. The average Bonchev–Trinajstić information content (AvgIpc) is 2.80. The molecule has 0 bridgehead atoms. The van der Waals surface area contributed by atoms with Gasteiger partial charge in [-0.15, -0.1) is 0 Å². The third kappa shape index (κ3) is 6.08. The molecule has 0 saturated heterocycles. The van der Waals surface area contributed by atoms with Gasteiger partial charge < -0.3 is 9.30 Å². The van der Waals surface area contributed by atoms with Crippen molar-refractivity contribution >= 4 is 39.0 Å². The highest BCUT2D eigenvalue weighted by Crippen LogP contribution is 2.25. The van der Waals surface area contributed by atoms with E-state index in [1.165, 1.54) is 16.5 Å². The van der Waals surface area contributed by atoms with E-state index in [-0.39, 0.29) is 5.60 Å². The zero-order valence-electron chi connectivity index (χ0n) is 15.2. The van der Waals surface area contributed by atoms with Crippen molar-refractivity contribution in [3.63, 3.8) is 0 Å². The Labute approximate surface area is 158 Å². The summed E-state index contributed by atoms with van der Waals surface area (Å²) in [7, 11) is 4.08. The Morgan fingerprint density at radius 2 is 2.04 bits per heavy atom. The van der Waals surface area contributed by atoms with Crippen molar-refractivity contribution < 1.29 is 4.74 Å². The van der Waals surface area contributed by atoms with Crippen molar-refractivity contribution in [3.05, 3.63) is 34.4 Å². The molecule has 0 aliphatic heterocycles. The van der Waals surface area contributed by atoms with Crippen molar-refractivity contribution in [1.82, 2.24) is 13.6 Å². The number of ether oxygens (including phenoxy) is 1. The van der Waals surface area contributed by atoms with Gasteiger partial charge in [-0.05, 0) is 59.0 Å². The van der Waals surface area contributed by atoms with E-state index in [2.05, 4.69) is 74.7 Å². The molecule has 0 aliphatic rings. The zero-order valence-corrected chi connectivity index (χ0v) is 17.6. The first-order chi connectivity index (χ1) is 11.3. The van der Waals surface area contributed by atoms with E-state index in [1.54, 1.807) is 12.1 Å². The standard InChI is InChI=1S/C18H28BrN3OS/c1-18(2,3)23-11-10-22-13-14(8-9-20-24-21(4)5)16-7-6-15(19)12-17(16)22/h6-7,12-13,20H,8-11H2,1-5H3. The van der Waals surface area contributed by atoms with Crippen LogP contribution in [0.3, 0.4) is 0 Å². The van der Waals surface area contributed by atoms with E-state index in [0.29, 0.717) is 6.61 Å². The molecule has 0 amide bonds. The van der Waals surface area contributed by atoms with Gasteiger partial charge >= 0.3 is 0 Å². The summed E-state index contributed by atoms with van der Waals surface area (Å²) in [6, 6.07) is 6.51. The van der Waals surface area contributed by atoms with Gasteiger partial charge in [-0.25, -0.2) is 4.31 Å². The van der Waals surface area contributed by atoms with Crippen LogP contribution < -0.4 is 4.72 Å². The van der Waals surface area contributed by atoms with Crippen LogP contribution in [-0.4, -0.2) is 41.7 Å². The molecule has 4 nitrogen and oxygen atoms in total. The van der Waals surface area contributed by atoms with Crippen LogP contribution in [0.15, 0.2) is 28.9 Å². The zero-order chi connectivity index (χ0) is 17.7. The molecule has 2 rings (SSSR count). The SMILES string of the molecule is CN(C)SNCCc1cn(CCOC(C)(C)C)c2cc(Br)ccc12. The molecule has 0 aliphatic carbocycles. The number of halogens is 1. The lowest BCUT2D eigenvalue weighted by Crippen LogP contribution is -2.21. The molecule has 24 heavy (non-hydrogen) atoms. The minimum atomic E-state index is -0.0975. The normalized spacial score (nSPS) is 12.5. The number of fused-ring (bicyclic) bond motifs is 1. The maximum Gasteiger partial charge on any atom is 0.0652 e. The second kappa shape index (κ2) is 8.72. The molecule has 0 radical (unpaired) electrons. The number of nitrogens with one attached hydrogen (secondary N) is 1. The first kappa shape index (κ1) is 19.8. The Kier molecular flexibility index (Phi) is 7.19. The first-order valence-electron chi connectivity index (χ1n) is 8.24. The van der Waals surface area contributed by atoms with Gasteiger partial charge in [0.05, 0.1) is 12.2 Å². The number of hydrogen-bond donors (Lipinski definition) is 1. The molecule has 0 fully saturated rings. The summed E-state index contributed by atoms with van der Waals surface area (Å²) in [4.78, 5) is 0. The molecule has 1 heterocycles. The van der Waals surface area contributed by atoms with E-state index < -0.39 is 0 Å². The fraction of sp³-hybridized carbons (Fsp3) is 0.556. The van der Waals surface area contributed by atoms with Gasteiger partial charge in [0.2, 0.25) is 0 Å². The second-order valence-corrected chi connectivity index (χ2v) is 9.14. The smallest absolute Gasteiger partial charge is 0.0652 e. The van der Waals surface area contributed by atoms with Crippen LogP contribution in [-0.2, 0) is 17.7 Å². The largest absolute Gasteiger partial charge is 0.374 e. The molecule has 2 aromatic rings. The highest BCUT2D eigenvalue weighted by Gasteiger charge is 2.12. The molecule has 1 N–H and O–H groups in total. The van der Waals surface area contributed by atoms with Crippen molar-refractivity contribution in [3.8, 4) is 0 Å². The van der Waals surface area contributed by atoms with Gasteiger partial charge in [-0.2, -0.15) is 0 Å². The molecule has 0 saturated carbocycles. The lowest BCUT2D eigenvalue weighted by molar-refractivity contribution is -0.00645. The van der Waals surface area contributed by atoms with Crippen LogP contribution in [0.25, 0.3) is 10.9 Å². The molecule has 6 heteroatoms. The monoisotopic (exact) mass is 413 g/mol. The van der Waals surface area contributed by atoms with Crippen LogP contribution in [0.2, 0.25) is 0 Å². The summed E-state index contributed by atoms with van der Waals surface area (Å²) in [5.41, 5.74) is 2.54. The molecule has 134 valence electrons. The second-order valence-electron chi connectivity index (χ2n) is 7.02. The van der Waals surface area contributed by atoms with E-state index in [1.807, 2.05) is 14.1 Å². The van der Waals surface area contributed by atoms with Crippen molar-refractivity contribution in [2.75, 3.05) is 27.2 Å². The van der Waals surface area contributed by atoms with Gasteiger partial charge in [0, 0.05) is 46.8 Å². The molecular formula is C18H28BrN3OS. The number of hydrogen-bond acceptors (Lipinski definition) is 4. The topological polar surface area (TPSA) is 29.4 Å². The van der Waals surface area contributed by atoms with Crippen LogP contribution in [0.5, 0.6) is 0 Å². The summed E-state index contributed by atoms with van der Waals surface area (Å²) in [5.74, 6) is 0. The van der Waals surface area contributed by atoms with Crippen LogP contribution in [0.4, 0.5) is 0 Å². The molecule has 0 atom stereocenters. The third-order valence-electron chi connectivity index (χ3n) is 3.54. The minimum Gasteiger partial charge on any atom is -0.374 e. The number of rotatable bonds is 8. The van der Waals surface area contributed by atoms with Crippen LogP contribution in [0, 0.1) is 0 Å². The van der Waals surface area contributed by atoms with E-state index in [9.17, 15) is 0 Å². The molecule has 1 aromatic heterocycles. The van der Waals surface area contributed by atoms with Gasteiger partial charge in [0.25, 0.3) is 0 Å². The fourth-order valence-electron chi connectivity index (χ4n) is 2.54. The predicted octanol–water partition coefficient (Wildman–Crippen LogP) is 4.48. The Bertz CT molecular complexity index is 664. The molecule has 1 aromatic carbocycles. The number of aromatic nitrogens is 1. The van der Waals surface area contributed by atoms with E-state index in [4.69, 9.17) is 4.74 Å². The number of nitrogens with zero attached hydrogens (tertiary/aromatic N) is 2. The maximum atomic E-state index is 5.89. The van der Waals surface area contributed by atoms with Crippen LogP contribution in [0.1, 0.15) is 26.3 Å². The van der Waals surface area contributed by atoms with Gasteiger partial charge in [-0.1, -0.05) is 22.0 Å². The highest BCUT2D eigenvalue weighted by atomic mass is 79.9. The Balaban J connectivity index is 2.10. The van der Waals surface area contributed by atoms with E-state index in [0.717, 1.165) is 24.0 Å². The Morgan fingerprint density at radius 1 is 1.29 bits per heavy atom. The Hall–Kier alpha value is -0.530. The highest BCUT2D eigenvalue weighted by molar-refractivity contribution is 9.10. The Morgan fingerprint density at radius 3 is 2.71 bits per heavy atom. The maximum absolute atomic E-state index is 5.89. The predicted molar refractivity (Wildman–Crippen MR) is 108 cm³/mol. The van der Waals surface area contributed by atoms with Gasteiger partial charge in [-0.3, -0.25) is 4.72 Å². The fourth-order valence-corrected chi connectivity index (χ4v) is 3.34. The molecule has 0 spiro atoms. The van der Waals surface area contributed by atoms with Gasteiger partial charge in [0.15, 0.2) is 0 Å². The van der Waals surface area contributed by atoms with E-state index >= 15 is 0 Å². The summed E-state index contributed by atoms with van der Waals surface area (Å²) in [5, 5.41) is 1.32. The van der Waals surface area contributed by atoms with Crippen molar-refractivity contribution in [1.29, 1.82) is 0 Å². The van der Waals surface area contributed by atoms with Crippen molar-refractivity contribution in [2.24, 2.45) is 0 Å². The first-order valence-corrected chi connectivity index (χ1v) is 9.81. The molecular weight excluding hydrogens is 386 g/mol. The van der Waals surface area contributed by atoms with Gasteiger partial charge in [0.1, 0.15) is 0 Å². The summed E-state index contributed by atoms with van der Waals surface area (Å²) in [6.45, 7) is 8.80. The lowest BCUT2D eigenvalue weighted by Gasteiger charge is -2.19. The quantitative estimate of drug-likeness (QED) is 0.510. The summed E-state index contributed by atoms with van der Waals surface area (Å²) >= 11 is 5.22. The molecule has 0 unspecified atom stereocenters. The third-order valence-corrected chi connectivity index (χ3v) is 4.73.